The van der Waals surface area contributed by atoms with Gasteiger partial charge in [-0.25, -0.2) is 4.83 Å². The highest BCUT2D eigenvalue weighted by atomic mass is 32.2. The Morgan fingerprint density at radius 1 is 1.25 bits per heavy atom. The van der Waals surface area contributed by atoms with Crippen molar-refractivity contribution in [3.05, 3.63) is 58.4 Å². The van der Waals surface area contributed by atoms with Crippen molar-refractivity contribution in [3.8, 4) is 0 Å². The highest BCUT2D eigenvalue weighted by molar-refractivity contribution is 7.89. The van der Waals surface area contributed by atoms with Crippen molar-refractivity contribution < 1.29 is 13.3 Å². The average Bonchev–Trinajstić information content (AvgIpc) is 2.92. The third-order valence-electron chi connectivity index (χ3n) is 2.36. The van der Waals surface area contributed by atoms with Crippen LogP contribution in [0.3, 0.4) is 0 Å². The number of non-ortho nitro benzene ring substituents is 1. The standard InChI is InChI=1S/C11H10N4O4S/c16-15(17)10-3-5-11(6-4-10)20(18,19)14-13-8-9-2-1-7-12-9/h1-8,12,14H/b13-8-. The van der Waals surface area contributed by atoms with E-state index in [0.717, 1.165) is 24.3 Å². The number of hydrazone groups is 1. The van der Waals surface area contributed by atoms with E-state index in [0.29, 0.717) is 5.69 Å². The summed E-state index contributed by atoms with van der Waals surface area (Å²) in [5.41, 5.74) is 0.454. The summed E-state index contributed by atoms with van der Waals surface area (Å²) in [5, 5.41) is 14.1. The first kappa shape index (κ1) is 13.7. The Morgan fingerprint density at radius 3 is 2.50 bits per heavy atom. The fourth-order valence-corrected chi connectivity index (χ4v) is 2.18. The van der Waals surface area contributed by atoms with Crippen molar-refractivity contribution in [1.29, 1.82) is 0 Å². The number of sulfonamides is 1. The number of H-pyrrole nitrogens is 1. The van der Waals surface area contributed by atoms with Crippen LogP contribution in [0.25, 0.3) is 0 Å². The SMILES string of the molecule is O=[N+]([O-])c1ccc(S(=O)(=O)N/N=C\c2ccc[nH]2)cc1. The maximum Gasteiger partial charge on any atom is 0.276 e. The van der Waals surface area contributed by atoms with Crippen molar-refractivity contribution in [1.82, 2.24) is 9.82 Å². The van der Waals surface area contributed by atoms with Crippen molar-refractivity contribution in [2.75, 3.05) is 0 Å². The molecule has 2 N–H and O–H groups in total. The molecule has 2 aromatic rings. The molecule has 2 rings (SSSR count). The van der Waals surface area contributed by atoms with Crippen molar-refractivity contribution in [3.63, 3.8) is 0 Å². The van der Waals surface area contributed by atoms with Gasteiger partial charge in [0, 0.05) is 18.3 Å². The maximum absolute atomic E-state index is 11.8. The van der Waals surface area contributed by atoms with Gasteiger partial charge in [-0.2, -0.15) is 13.5 Å². The molecule has 0 fully saturated rings. The van der Waals surface area contributed by atoms with E-state index in [1.54, 1.807) is 18.3 Å². The Labute approximate surface area is 114 Å². The van der Waals surface area contributed by atoms with Gasteiger partial charge in [0.05, 0.1) is 21.7 Å². The molecule has 0 amide bonds. The van der Waals surface area contributed by atoms with Crippen LogP contribution in [-0.2, 0) is 10.0 Å². The molecule has 9 heteroatoms. The summed E-state index contributed by atoms with van der Waals surface area (Å²) in [4.78, 5) is 14.6. The van der Waals surface area contributed by atoms with E-state index < -0.39 is 14.9 Å². The Kier molecular flexibility index (Phi) is 3.80. The molecule has 104 valence electrons. The number of nitro benzene ring substituents is 1. The molecule has 0 aliphatic carbocycles. The van der Waals surface area contributed by atoms with E-state index in [-0.39, 0.29) is 10.6 Å². The minimum absolute atomic E-state index is 0.105. The van der Waals surface area contributed by atoms with Crippen molar-refractivity contribution in [2.24, 2.45) is 5.10 Å². The summed E-state index contributed by atoms with van der Waals surface area (Å²) >= 11 is 0. The van der Waals surface area contributed by atoms with Crippen molar-refractivity contribution in [2.45, 2.75) is 4.90 Å². The molecule has 0 bridgehead atoms. The number of nitrogens with one attached hydrogen (secondary N) is 2. The lowest BCUT2D eigenvalue weighted by Crippen LogP contribution is -2.18. The van der Waals surface area contributed by atoms with E-state index in [9.17, 15) is 18.5 Å². The Hall–Kier alpha value is -2.68. The molecule has 0 atom stereocenters. The first-order valence-electron chi connectivity index (χ1n) is 5.42. The van der Waals surface area contributed by atoms with Crippen LogP contribution in [0.4, 0.5) is 5.69 Å². The number of nitrogens with zero attached hydrogens (tertiary/aromatic N) is 2. The first-order valence-corrected chi connectivity index (χ1v) is 6.90. The summed E-state index contributed by atoms with van der Waals surface area (Å²) in [5.74, 6) is 0. The smallest absolute Gasteiger partial charge is 0.276 e. The normalized spacial score (nSPS) is 11.6. The molecule has 1 aromatic carbocycles. The van der Waals surface area contributed by atoms with Gasteiger partial charge in [-0.1, -0.05) is 0 Å². The maximum atomic E-state index is 11.8. The lowest BCUT2D eigenvalue weighted by molar-refractivity contribution is -0.384. The second-order valence-corrected chi connectivity index (χ2v) is 5.39. The predicted octanol–water partition coefficient (Wildman–Crippen LogP) is 1.24. The third kappa shape index (κ3) is 3.20. The minimum Gasteiger partial charge on any atom is -0.360 e. The van der Waals surface area contributed by atoms with E-state index >= 15 is 0 Å². The van der Waals surface area contributed by atoms with Gasteiger partial charge >= 0.3 is 0 Å². The van der Waals surface area contributed by atoms with Gasteiger partial charge in [0.1, 0.15) is 0 Å². The van der Waals surface area contributed by atoms with E-state index in [1.807, 2.05) is 4.83 Å². The number of benzene rings is 1. The van der Waals surface area contributed by atoms with Gasteiger partial charge in [0.2, 0.25) is 0 Å². The van der Waals surface area contributed by atoms with Crippen molar-refractivity contribution >= 4 is 21.9 Å². The lowest BCUT2D eigenvalue weighted by atomic mass is 10.3. The number of aromatic amines is 1. The van der Waals surface area contributed by atoms with Crippen LogP contribution in [0.2, 0.25) is 0 Å². The molecule has 0 aliphatic heterocycles. The molecule has 20 heavy (non-hydrogen) atoms. The zero-order valence-corrected chi connectivity index (χ0v) is 10.9. The quantitative estimate of drug-likeness (QED) is 0.490. The highest BCUT2D eigenvalue weighted by Crippen LogP contribution is 2.15. The van der Waals surface area contributed by atoms with Crippen LogP contribution in [-0.4, -0.2) is 24.5 Å². The summed E-state index contributed by atoms with van der Waals surface area (Å²) in [6, 6.07) is 7.97. The highest BCUT2D eigenvalue weighted by Gasteiger charge is 2.14. The average molecular weight is 294 g/mol. The molecule has 0 aliphatic rings. The first-order chi connectivity index (χ1) is 9.49. The molecule has 1 aromatic heterocycles. The van der Waals surface area contributed by atoms with Crippen LogP contribution in [0, 0.1) is 10.1 Å². The molecule has 0 spiro atoms. The minimum atomic E-state index is -3.84. The molecular formula is C11H10N4O4S. The van der Waals surface area contributed by atoms with E-state index in [4.69, 9.17) is 0 Å². The van der Waals surface area contributed by atoms with Gasteiger partial charge in [-0.3, -0.25) is 10.1 Å². The Morgan fingerprint density at radius 2 is 1.95 bits per heavy atom. The largest absolute Gasteiger partial charge is 0.360 e. The Bertz CT molecular complexity index is 720. The second-order valence-electron chi connectivity index (χ2n) is 3.73. The summed E-state index contributed by atoms with van der Waals surface area (Å²) in [7, 11) is -3.84. The van der Waals surface area contributed by atoms with Gasteiger partial charge in [0.15, 0.2) is 0 Å². The summed E-state index contributed by atoms with van der Waals surface area (Å²) < 4.78 is 23.7. The molecule has 8 nitrogen and oxygen atoms in total. The van der Waals surface area contributed by atoms with Crippen LogP contribution >= 0.6 is 0 Å². The molecule has 1 heterocycles. The van der Waals surface area contributed by atoms with Crippen LogP contribution < -0.4 is 4.83 Å². The number of nitro groups is 1. The Balaban J connectivity index is 2.12. The fourth-order valence-electron chi connectivity index (χ4n) is 1.39. The second kappa shape index (κ2) is 5.53. The number of hydrogen-bond donors (Lipinski definition) is 2. The number of hydrogen-bond acceptors (Lipinski definition) is 5. The van der Waals surface area contributed by atoms with Crippen LogP contribution in [0.15, 0.2) is 52.6 Å². The number of rotatable bonds is 5. The monoisotopic (exact) mass is 294 g/mol. The molecule has 0 radical (unpaired) electrons. The fraction of sp³-hybridized carbons (Fsp3) is 0. The molecule has 0 saturated heterocycles. The van der Waals surface area contributed by atoms with E-state index in [2.05, 4.69) is 10.1 Å². The molecule has 0 unspecified atom stereocenters. The summed E-state index contributed by atoms with van der Waals surface area (Å²) in [6.45, 7) is 0. The zero-order chi connectivity index (χ0) is 14.6. The third-order valence-corrected chi connectivity index (χ3v) is 3.59. The lowest BCUT2D eigenvalue weighted by Gasteiger charge is -2.02. The van der Waals surface area contributed by atoms with Crippen LogP contribution in [0.5, 0.6) is 0 Å². The van der Waals surface area contributed by atoms with Crippen LogP contribution in [0.1, 0.15) is 5.69 Å². The van der Waals surface area contributed by atoms with Gasteiger partial charge in [-0.15, -0.1) is 0 Å². The van der Waals surface area contributed by atoms with Gasteiger partial charge in [-0.05, 0) is 24.3 Å². The molecular weight excluding hydrogens is 284 g/mol. The predicted molar refractivity (Wildman–Crippen MR) is 71.8 cm³/mol. The number of aromatic nitrogens is 1. The zero-order valence-electron chi connectivity index (χ0n) is 10.1. The summed E-state index contributed by atoms with van der Waals surface area (Å²) in [6.07, 6.45) is 2.98. The van der Waals surface area contributed by atoms with Gasteiger partial charge < -0.3 is 4.98 Å². The van der Waals surface area contributed by atoms with Gasteiger partial charge in [0.25, 0.3) is 15.7 Å². The molecule has 0 saturated carbocycles. The topological polar surface area (TPSA) is 117 Å². The van der Waals surface area contributed by atoms with E-state index in [1.165, 1.54) is 6.21 Å².